The van der Waals surface area contributed by atoms with Crippen molar-refractivity contribution in [3.8, 4) is 0 Å². The number of hydrogen-bond donors (Lipinski definition) is 1. The lowest BCUT2D eigenvalue weighted by atomic mass is 10.2. The smallest absolute Gasteiger partial charge is 0.114 e. The minimum atomic E-state index is 0.564. The number of rotatable bonds is 3. The van der Waals surface area contributed by atoms with Gasteiger partial charge in [0.2, 0.25) is 0 Å². The van der Waals surface area contributed by atoms with Crippen molar-refractivity contribution in [2.24, 2.45) is 5.73 Å². The number of benzene rings is 1. The zero-order valence-corrected chi connectivity index (χ0v) is 11.3. The maximum atomic E-state index is 5.59. The molecule has 84 valence electrons. The summed E-state index contributed by atoms with van der Waals surface area (Å²) in [7, 11) is 0. The lowest BCUT2D eigenvalue weighted by molar-refractivity contribution is 0.527. The van der Waals surface area contributed by atoms with Gasteiger partial charge in [-0.15, -0.1) is 0 Å². The first-order valence-corrected chi connectivity index (χ1v) is 6.52. The molecule has 0 amide bonds. The van der Waals surface area contributed by atoms with E-state index in [2.05, 4.69) is 28.1 Å². The Morgan fingerprint density at radius 2 is 2.12 bits per heavy atom. The quantitative estimate of drug-likeness (QED) is 0.932. The number of furan rings is 1. The standard InChI is InChI=1S/C12H12BrNOS/c1-8-11(4-5-15-8)16-12-3-2-9(7-14)6-10(12)13/h2-6H,7,14H2,1H3. The van der Waals surface area contributed by atoms with Crippen LogP contribution in [0.3, 0.4) is 0 Å². The molecule has 0 atom stereocenters. The topological polar surface area (TPSA) is 39.2 Å². The Kier molecular flexibility index (Phi) is 3.74. The predicted molar refractivity (Wildman–Crippen MR) is 69.6 cm³/mol. The van der Waals surface area contributed by atoms with Crippen LogP contribution in [0, 0.1) is 6.92 Å². The van der Waals surface area contributed by atoms with Gasteiger partial charge in [0.25, 0.3) is 0 Å². The van der Waals surface area contributed by atoms with E-state index in [-0.39, 0.29) is 0 Å². The van der Waals surface area contributed by atoms with Gasteiger partial charge in [0.1, 0.15) is 5.76 Å². The molecule has 2 N–H and O–H groups in total. The Morgan fingerprint density at radius 3 is 2.69 bits per heavy atom. The van der Waals surface area contributed by atoms with Crippen LogP contribution in [0.4, 0.5) is 0 Å². The first-order valence-electron chi connectivity index (χ1n) is 4.91. The zero-order valence-electron chi connectivity index (χ0n) is 8.87. The summed E-state index contributed by atoms with van der Waals surface area (Å²) >= 11 is 5.24. The molecule has 0 unspecified atom stereocenters. The third kappa shape index (κ3) is 2.51. The average molecular weight is 298 g/mol. The van der Waals surface area contributed by atoms with Crippen LogP contribution in [0.1, 0.15) is 11.3 Å². The lowest BCUT2D eigenvalue weighted by Crippen LogP contribution is -1.95. The molecular formula is C12H12BrNOS. The molecule has 2 nitrogen and oxygen atoms in total. The molecule has 4 heteroatoms. The summed E-state index contributed by atoms with van der Waals surface area (Å²) in [4.78, 5) is 2.31. The third-order valence-corrected chi connectivity index (χ3v) is 4.40. The zero-order chi connectivity index (χ0) is 11.5. The Hall–Kier alpha value is -0.710. The second-order valence-electron chi connectivity index (χ2n) is 3.41. The molecule has 0 spiro atoms. The van der Waals surface area contributed by atoms with Crippen molar-refractivity contribution >= 4 is 27.7 Å². The molecule has 16 heavy (non-hydrogen) atoms. The average Bonchev–Trinajstić information content (AvgIpc) is 2.67. The van der Waals surface area contributed by atoms with Crippen molar-refractivity contribution in [1.82, 2.24) is 0 Å². The van der Waals surface area contributed by atoms with Crippen molar-refractivity contribution in [2.45, 2.75) is 23.3 Å². The van der Waals surface area contributed by atoms with E-state index in [1.54, 1.807) is 18.0 Å². The predicted octanol–water partition coefficient (Wildman–Crippen LogP) is 3.96. The maximum absolute atomic E-state index is 5.59. The van der Waals surface area contributed by atoms with Gasteiger partial charge in [0.15, 0.2) is 0 Å². The first kappa shape index (κ1) is 11.8. The Bertz CT molecular complexity index is 496. The minimum absolute atomic E-state index is 0.564. The highest BCUT2D eigenvalue weighted by Gasteiger charge is 2.07. The third-order valence-electron chi connectivity index (χ3n) is 2.26. The van der Waals surface area contributed by atoms with Crippen LogP contribution in [0.15, 0.2) is 49.2 Å². The van der Waals surface area contributed by atoms with E-state index in [1.165, 1.54) is 4.90 Å². The molecular weight excluding hydrogens is 286 g/mol. The molecule has 1 aromatic heterocycles. The summed E-state index contributed by atoms with van der Waals surface area (Å²) in [6.45, 7) is 2.53. The second kappa shape index (κ2) is 5.08. The molecule has 1 aromatic carbocycles. The maximum Gasteiger partial charge on any atom is 0.114 e. The van der Waals surface area contributed by atoms with Gasteiger partial charge in [-0.1, -0.05) is 17.8 Å². The Labute approximate surface area is 107 Å². The number of hydrogen-bond acceptors (Lipinski definition) is 3. The van der Waals surface area contributed by atoms with E-state index < -0.39 is 0 Å². The van der Waals surface area contributed by atoms with Gasteiger partial charge in [0.05, 0.1) is 11.2 Å². The van der Waals surface area contributed by atoms with Crippen LogP contribution in [0.2, 0.25) is 0 Å². The molecule has 2 rings (SSSR count). The van der Waals surface area contributed by atoms with Gasteiger partial charge in [-0.25, -0.2) is 0 Å². The number of nitrogens with two attached hydrogens (primary N) is 1. The van der Waals surface area contributed by atoms with Crippen molar-refractivity contribution in [3.05, 3.63) is 46.3 Å². The van der Waals surface area contributed by atoms with E-state index in [0.29, 0.717) is 6.54 Å². The fourth-order valence-electron chi connectivity index (χ4n) is 1.35. The molecule has 0 radical (unpaired) electrons. The SMILES string of the molecule is Cc1occc1Sc1ccc(CN)cc1Br. The molecule has 0 saturated carbocycles. The van der Waals surface area contributed by atoms with E-state index in [9.17, 15) is 0 Å². The van der Waals surface area contributed by atoms with Crippen LogP contribution in [0.25, 0.3) is 0 Å². The minimum Gasteiger partial charge on any atom is -0.468 e. The first-order chi connectivity index (χ1) is 7.70. The summed E-state index contributed by atoms with van der Waals surface area (Å²) in [5.74, 6) is 0.944. The monoisotopic (exact) mass is 297 g/mol. The molecule has 0 aliphatic rings. The summed E-state index contributed by atoms with van der Waals surface area (Å²) in [6, 6.07) is 8.15. The van der Waals surface area contributed by atoms with Crippen molar-refractivity contribution in [1.29, 1.82) is 0 Å². The van der Waals surface area contributed by atoms with E-state index in [1.807, 2.05) is 19.1 Å². The van der Waals surface area contributed by atoms with E-state index >= 15 is 0 Å². The highest BCUT2D eigenvalue weighted by atomic mass is 79.9. The highest BCUT2D eigenvalue weighted by Crippen LogP contribution is 2.35. The van der Waals surface area contributed by atoms with Crippen LogP contribution in [-0.2, 0) is 6.54 Å². The summed E-state index contributed by atoms with van der Waals surface area (Å²) in [6.07, 6.45) is 1.71. The van der Waals surface area contributed by atoms with Crippen molar-refractivity contribution < 1.29 is 4.42 Å². The van der Waals surface area contributed by atoms with Crippen molar-refractivity contribution in [2.75, 3.05) is 0 Å². The lowest BCUT2D eigenvalue weighted by Gasteiger charge is -2.05. The van der Waals surface area contributed by atoms with Crippen molar-refractivity contribution in [3.63, 3.8) is 0 Å². The normalized spacial score (nSPS) is 10.7. The van der Waals surface area contributed by atoms with Gasteiger partial charge in [-0.05, 0) is 46.6 Å². The molecule has 1 heterocycles. The van der Waals surface area contributed by atoms with Crippen LogP contribution < -0.4 is 5.73 Å². The molecule has 2 aromatic rings. The fraction of sp³-hybridized carbons (Fsp3) is 0.167. The summed E-state index contributed by atoms with van der Waals surface area (Å²) < 4.78 is 6.34. The van der Waals surface area contributed by atoms with E-state index in [4.69, 9.17) is 10.2 Å². The molecule has 0 saturated heterocycles. The molecule has 0 fully saturated rings. The van der Waals surface area contributed by atoms with Crippen LogP contribution >= 0.6 is 27.7 Å². The fourth-order valence-corrected chi connectivity index (χ4v) is 2.87. The largest absolute Gasteiger partial charge is 0.468 e. The molecule has 0 aliphatic carbocycles. The van der Waals surface area contributed by atoms with E-state index in [0.717, 1.165) is 20.7 Å². The van der Waals surface area contributed by atoms with Gasteiger partial charge < -0.3 is 10.2 Å². The van der Waals surface area contributed by atoms with Gasteiger partial charge in [0, 0.05) is 15.9 Å². The number of aryl methyl sites for hydroxylation is 1. The molecule has 0 bridgehead atoms. The van der Waals surface area contributed by atoms with Gasteiger partial charge >= 0.3 is 0 Å². The van der Waals surface area contributed by atoms with Crippen LogP contribution in [0.5, 0.6) is 0 Å². The Morgan fingerprint density at radius 1 is 1.31 bits per heavy atom. The van der Waals surface area contributed by atoms with Crippen LogP contribution in [-0.4, -0.2) is 0 Å². The molecule has 0 aliphatic heterocycles. The highest BCUT2D eigenvalue weighted by molar-refractivity contribution is 9.10. The summed E-state index contributed by atoms with van der Waals surface area (Å²) in [5.41, 5.74) is 6.71. The second-order valence-corrected chi connectivity index (χ2v) is 5.35. The van der Waals surface area contributed by atoms with Gasteiger partial charge in [-0.2, -0.15) is 0 Å². The summed E-state index contributed by atoms with van der Waals surface area (Å²) in [5, 5.41) is 0. The number of halogens is 1. The van der Waals surface area contributed by atoms with Gasteiger partial charge in [-0.3, -0.25) is 0 Å². The Balaban J connectivity index is 2.25.